The highest BCUT2D eigenvalue weighted by Gasteiger charge is 2.18. The molecule has 0 aromatic carbocycles. The van der Waals surface area contributed by atoms with Crippen LogP contribution in [0.3, 0.4) is 0 Å². The maximum atomic E-state index is 5.51. The number of nitrogens with two attached hydrogens (primary N) is 1. The van der Waals surface area contributed by atoms with E-state index in [1.807, 2.05) is 6.33 Å². The highest BCUT2D eigenvalue weighted by molar-refractivity contribution is 4.92. The Kier molecular flexibility index (Phi) is 2.08. The van der Waals surface area contributed by atoms with Crippen LogP contribution in [0.5, 0.6) is 0 Å². The molecule has 1 aromatic heterocycles. The Morgan fingerprint density at radius 3 is 3.42 bits per heavy atom. The van der Waals surface area contributed by atoms with Crippen LogP contribution in [0.15, 0.2) is 6.33 Å². The minimum atomic E-state index is 0.728. The van der Waals surface area contributed by atoms with Crippen molar-refractivity contribution in [1.29, 1.82) is 0 Å². The van der Waals surface area contributed by atoms with E-state index in [0.29, 0.717) is 0 Å². The number of nitrogens with zero attached hydrogens (tertiary/aromatic N) is 3. The Bertz CT molecular complexity index is 255. The van der Waals surface area contributed by atoms with Gasteiger partial charge in [0.25, 0.3) is 0 Å². The van der Waals surface area contributed by atoms with Gasteiger partial charge in [-0.1, -0.05) is 0 Å². The average Bonchev–Trinajstić information content (AvgIpc) is 2.51. The zero-order chi connectivity index (χ0) is 8.39. The minimum Gasteiger partial charge on any atom is -0.330 e. The van der Waals surface area contributed by atoms with Gasteiger partial charge in [-0.05, 0) is 25.3 Å². The largest absolute Gasteiger partial charge is 0.330 e. The van der Waals surface area contributed by atoms with E-state index in [2.05, 4.69) is 14.8 Å². The highest BCUT2D eigenvalue weighted by Crippen LogP contribution is 2.20. The van der Waals surface area contributed by atoms with Crippen molar-refractivity contribution >= 4 is 0 Å². The Labute approximate surface area is 71.8 Å². The van der Waals surface area contributed by atoms with Crippen LogP contribution in [-0.4, -0.2) is 21.3 Å². The molecular weight excluding hydrogens is 152 g/mol. The number of aryl methyl sites for hydroxylation is 1. The molecule has 0 radical (unpaired) electrons. The highest BCUT2D eigenvalue weighted by atomic mass is 15.3. The minimum absolute atomic E-state index is 0.728. The zero-order valence-corrected chi connectivity index (χ0v) is 7.11. The molecule has 4 nitrogen and oxygen atoms in total. The van der Waals surface area contributed by atoms with E-state index in [-0.39, 0.29) is 0 Å². The van der Waals surface area contributed by atoms with E-state index in [1.165, 1.54) is 6.42 Å². The van der Waals surface area contributed by atoms with E-state index >= 15 is 0 Å². The molecule has 0 saturated carbocycles. The molecular formula is C8H14N4. The Hall–Kier alpha value is -0.900. The molecule has 66 valence electrons. The van der Waals surface area contributed by atoms with Crippen LogP contribution in [0.1, 0.15) is 18.7 Å². The molecule has 1 aliphatic heterocycles. The predicted molar refractivity (Wildman–Crippen MR) is 45.5 cm³/mol. The maximum Gasteiger partial charge on any atom is 0.133 e. The van der Waals surface area contributed by atoms with Gasteiger partial charge in [0.2, 0.25) is 0 Å². The van der Waals surface area contributed by atoms with Crippen molar-refractivity contribution in [3.8, 4) is 0 Å². The van der Waals surface area contributed by atoms with Crippen LogP contribution in [-0.2, 0) is 13.0 Å². The first-order valence-electron chi connectivity index (χ1n) is 4.47. The Balaban J connectivity index is 2.05. The second-order valence-corrected chi connectivity index (χ2v) is 3.38. The smallest absolute Gasteiger partial charge is 0.133 e. The molecule has 0 amide bonds. The lowest BCUT2D eigenvalue weighted by molar-refractivity contribution is 0.365. The van der Waals surface area contributed by atoms with Gasteiger partial charge in [0.1, 0.15) is 12.2 Å². The van der Waals surface area contributed by atoms with Crippen LogP contribution < -0.4 is 5.73 Å². The summed E-state index contributed by atoms with van der Waals surface area (Å²) in [5.41, 5.74) is 5.51. The molecule has 1 aromatic rings. The van der Waals surface area contributed by atoms with Gasteiger partial charge in [0.15, 0.2) is 0 Å². The van der Waals surface area contributed by atoms with Crippen LogP contribution in [0.2, 0.25) is 0 Å². The third-order valence-corrected chi connectivity index (χ3v) is 2.52. The fraction of sp³-hybridized carbons (Fsp3) is 0.750. The maximum absolute atomic E-state index is 5.51. The van der Waals surface area contributed by atoms with Crippen molar-refractivity contribution in [3.05, 3.63) is 12.2 Å². The summed E-state index contributed by atoms with van der Waals surface area (Å²) in [7, 11) is 0. The van der Waals surface area contributed by atoms with E-state index in [4.69, 9.17) is 5.73 Å². The molecule has 2 heterocycles. The molecule has 1 atom stereocenters. The SMILES string of the molecule is NCCC1CCn2cnnc2C1. The molecule has 0 bridgehead atoms. The molecule has 0 aliphatic carbocycles. The standard InChI is InChI=1S/C8H14N4/c9-3-1-7-2-4-12-6-10-11-8(12)5-7/h6-7H,1-5,9H2. The molecule has 12 heavy (non-hydrogen) atoms. The fourth-order valence-electron chi connectivity index (χ4n) is 1.79. The average molecular weight is 166 g/mol. The number of hydrogen-bond donors (Lipinski definition) is 1. The van der Waals surface area contributed by atoms with Gasteiger partial charge < -0.3 is 10.3 Å². The Morgan fingerprint density at radius 2 is 2.58 bits per heavy atom. The van der Waals surface area contributed by atoms with Crippen molar-refractivity contribution in [1.82, 2.24) is 14.8 Å². The van der Waals surface area contributed by atoms with Gasteiger partial charge in [-0.2, -0.15) is 0 Å². The quantitative estimate of drug-likeness (QED) is 0.682. The van der Waals surface area contributed by atoms with E-state index in [0.717, 1.165) is 37.7 Å². The number of aromatic nitrogens is 3. The molecule has 2 rings (SSSR count). The van der Waals surface area contributed by atoms with Crippen LogP contribution in [0.4, 0.5) is 0 Å². The summed E-state index contributed by atoms with van der Waals surface area (Å²) in [5.74, 6) is 1.85. The van der Waals surface area contributed by atoms with Gasteiger partial charge in [-0.25, -0.2) is 0 Å². The summed E-state index contributed by atoms with van der Waals surface area (Å²) in [6, 6.07) is 0. The van der Waals surface area contributed by atoms with E-state index in [9.17, 15) is 0 Å². The normalized spacial score (nSPS) is 22.2. The van der Waals surface area contributed by atoms with Crippen LogP contribution >= 0.6 is 0 Å². The summed E-state index contributed by atoms with van der Waals surface area (Å²) in [4.78, 5) is 0. The summed E-state index contributed by atoms with van der Waals surface area (Å²) >= 11 is 0. The number of fused-ring (bicyclic) bond motifs is 1. The summed E-state index contributed by atoms with van der Waals surface area (Å²) in [5, 5.41) is 7.94. The molecule has 0 spiro atoms. The van der Waals surface area contributed by atoms with Crippen molar-refractivity contribution in [2.24, 2.45) is 11.7 Å². The predicted octanol–water partition coefficient (Wildman–Crippen LogP) is 0.189. The van der Waals surface area contributed by atoms with Gasteiger partial charge in [-0.3, -0.25) is 0 Å². The topological polar surface area (TPSA) is 56.7 Å². The molecule has 0 saturated heterocycles. The number of hydrogen-bond acceptors (Lipinski definition) is 3. The van der Waals surface area contributed by atoms with Crippen molar-refractivity contribution in [2.45, 2.75) is 25.8 Å². The first kappa shape index (κ1) is 7.73. The first-order valence-corrected chi connectivity index (χ1v) is 4.47. The Morgan fingerprint density at radius 1 is 1.67 bits per heavy atom. The monoisotopic (exact) mass is 166 g/mol. The molecule has 2 N–H and O–H groups in total. The number of rotatable bonds is 2. The molecule has 1 aliphatic rings. The van der Waals surface area contributed by atoms with Crippen LogP contribution in [0.25, 0.3) is 0 Å². The third-order valence-electron chi connectivity index (χ3n) is 2.52. The van der Waals surface area contributed by atoms with Gasteiger partial charge in [0.05, 0.1) is 0 Å². The van der Waals surface area contributed by atoms with Gasteiger partial charge >= 0.3 is 0 Å². The third kappa shape index (κ3) is 1.34. The second-order valence-electron chi connectivity index (χ2n) is 3.38. The second kappa shape index (κ2) is 3.23. The summed E-state index contributed by atoms with van der Waals surface area (Å²) in [6.45, 7) is 1.85. The fourth-order valence-corrected chi connectivity index (χ4v) is 1.79. The van der Waals surface area contributed by atoms with Gasteiger partial charge in [-0.15, -0.1) is 10.2 Å². The molecule has 0 fully saturated rings. The van der Waals surface area contributed by atoms with Gasteiger partial charge in [0, 0.05) is 13.0 Å². The van der Waals surface area contributed by atoms with Crippen molar-refractivity contribution in [2.75, 3.05) is 6.54 Å². The molecule has 1 unspecified atom stereocenters. The zero-order valence-electron chi connectivity index (χ0n) is 7.11. The summed E-state index contributed by atoms with van der Waals surface area (Å²) < 4.78 is 2.13. The summed E-state index contributed by atoms with van der Waals surface area (Å²) in [6.07, 6.45) is 5.21. The lowest BCUT2D eigenvalue weighted by Gasteiger charge is -2.21. The van der Waals surface area contributed by atoms with Crippen molar-refractivity contribution < 1.29 is 0 Å². The first-order chi connectivity index (χ1) is 5.90. The molecule has 4 heteroatoms. The lowest BCUT2D eigenvalue weighted by Crippen LogP contribution is -2.21. The van der Waals surface area contributed by atoms with Crippen LogP contribution in [0, 0.1) is 5.92 Å². The van der Waals surface area contributed by atoms with Crippen molar-refractivity contribution in [3.63, 3.8) is 0 Å². The van der Waals surface area contributed by atoms with E-state index < -0.39 is 0 Å². The van der Waals surface area contributed by atoms with E-state index in [1.54, 1.807) is 0 Å². The lowest BCUT2D eigenvalue weighted by atomic mass is 9.94.